The molecule has 0 spiro atoms. The van der Waals surface area contributed by atoms with E-state index in [2.05, 4.69) is 0 Å². The van der Waals surface area contributed by atoms with Gasteiger partial charge in [-0.15, -0.1) is 0 Å². The summed E-state index contributed by atoms with van der Waals surface area (Å²) in [6.45, 7) is 4.19. The Morgan fingerprint density at radius 2 is 1.95 bits per heavy atom. The smallest absolute Gasteiger partial charge is 0.404 e. The summed E-state index contributed by atoms with van der Waals surface area (Å²) >= 11 is 5.31. The van der Waals surface area contributed by atoms with E-state index in [4.69, 9.17) is 26.2 Å². The van der Waals surface area contributed by atoms with Gasteiger partial charge in [0, 0.05) is 47.3 Å². The largest absolute Gasteiger partial charge is 0.450 e. The van der Waals surface area contributed by atoms with E-state index in [0.717, 1.165) is 0 Å². The molecule has 2 N–H and O–H groups in total. The van der Waals surface area contributed by atoms with Gasteiger partial charge in [-0.3, -0.25) is 14.4 Å². The van der Waals surface area contributed by atoms with Crippen LogP contribution in [0.15, 0.2) is 23.8 Å². The third-order valence-electron chi connectivity index (χ3n) is 9.73. The first-order valence-electron chi connectivity index (χ1n) is 12.8. The number of halogens is 2. The maximum Gasteiger partial charge on any atom is 0.404 e. The maximum atomic E-state index is 17.4. The number of carbonyl (C=O) groups is 4. The van der Waals surface area contributed by atoms with Crippen molar-refractivity contribution in [3.63, 3.8) is 0 Å². The number of ether oxygens (including phenoxy) is 2. The van der Waals surface area contributed by atoms with Crippen molar-refractivity contribution in [2.45, 2.75) is 76.7 Å². The number of hydrogen-bond donors (Lipinski definition) is 2. The lowest BCUT2D eigenvalue weighted by Gasteiger charge is -2.62. The number of hydrogen-bond acceptors (Lipinski definition) is 8. The van der Waals surface area contributed by atoms with Crippen LogP contribution in [0, 0.1) is 28.6 Å². The number of carbonyl (C=O) groups excluding carboxylic acids is 4. The number of allylic oxidation sites excluding steroid dienone is 4. The van der Waals surface area contributed by atoms with Gasteiger partial charge < -0.3 is 19.7 Å². The first-order chi connectivity index (χ1) is 17.3. The predicted molar refractivity (Wildman–Crippen MR) is 130 cm³/mol. The minimum atomic E-state index is -2.11. The standard InChI is InChI=1S/C27H34ClFO8/c1-15-11-19-18-7-6-16-12-17(31)8-9-24(16,2)26(18,29)20(32)13-25(19,3)27(15,21(33)14-36-23(28)35)37-22(34)5-4-10-30/h8-9,12,15,18-20,30,32H,4-7,10-11,13-14H2,1-3H3/t15-,18?,19?,20-,24-,25-,26-,27-/m0/s1. The SMILES string of the molecule is C[C@H]1CC2C3CCC4=CC(=O)C=C[C@]4(C)[C@@]3(F)[C@@H](O)C[C@]2(C)[C@@]1(OC(=O)CCCO)C(=O)COC(=O)Cl. The zero-order valence-corrected chi connectivity index (χ0v) is 22.1. The first kappa shape index (κ1) is 27.9. The molecule has 3 fully saturated rings. The summed E-state index contributed by atoms with van der Waals surface area (Å²) in [5, 5.41) is 20.7. The minimum Gasteiger partial charge on any atom is -0.450 e. The second kappa shape index (κ2) is 9.58. The molecule has 4 aliphatic rings. The van der Waals surface area contributed by atoms with E-state index in [9.17, 15) is 24.3 Å². The fourth-order valence-corrected chi connectivity index (χ4v) is 8.14. The van der Waals surface area contributed by atoms with Crippen LogP contribution >= 0.6 is 11.6 Å². The van der Waals surface area contributed by atoms with Crippen molar-refractivity contribution in [1.82, 2.24) is 0 Å². The summed E-state index contributed by atoms with van der Waals surface area (Å²) in [6.07, 6.45) is 3.75. The third kappa shape index (κ3) is 3.91. The van der Waals surface area contributed by atoms with Gasteiger partial charge in [-0.25, -0.2) is 9.18 Å². The molecule has 0 aromatic rings. The molecule has 0 saturated heterocycles. The lowest BCUT2D eigenvalue weighted by atomic mass is 9.44. The van der Waals surface area contributed by atoms with E-state index in [-0.39, 0.29) is 31.7 Å². The normalized spacial score (nSPS) is 42.2. The molecule has 0 heterocycles. The number of rotatable bonds is 7. The third-order valence-corrected chi connectivity index (χ3v) is 9.84. The van der Waals surface area contributed by atoms with Gasteiger partial charge in [-0.05, 0) is 57.1 Å². The van der Waals surface area contributed by atoms with E-state index in [1.165, 1.54) is 12.2 Å². The number of esters is 1. The molecule has 8 nitrogen and oxygen atoms in total. The van der Waals surface area contributed by atoms with Gasteiger partial charge in [0.2, 0.25) is 5.78 Å². The number of fused-ring (bicyclic) bond motifs is 5. The first-order valence-corrected chi connectivity index (χ1v) is 13.1. The highest BCUT2D eigenvalue weighted by Crippen LogP contribution is 2.71. The molecule has 2 unspecified atom stereocenters. The molecule has 10 heteroatoms. The van der Waals surface area contributed by atoms with Crippen molar-refractivity contribution in [3.8, 4) is 0 Å². The number of aliphatic hydroxyl groups excluding tert-OH is 2. The van der Waals surface area contributed by atoms with Gasteiger partial charge >= 0.3 is 11.4 Å². The van der Waals surface area contributed by atoms with Crippen molar-refractivity contribution in [3.05, 3.63) is 23.8 Å². The van der Waals surface area contributed by atoms with Crippen LogP contribution in [0.5, 0.6) is 0 Å². The summed E-state index contributed by atoms with van der Waals surface area (Å²) in [7, 11) is 0. The second-order valence-electron chi connectivity index (χ2n) is 11.4. The van der Waals surface area contributed by atoms with Crippen molar-refractivity contribution < 1.29 is 43.3 Å². The molecule has 204 valence electrons. The van der Waals surface area contributed by atoms with Gasteiger partial charge in [-0.2, -0.15) is 0 Å². The van der Waals surface area contributed by atoms with Crippen LogP contribution in [-0.4, -0.2) is 63.8 Å². The van der Waals surface area contributed by atoms with E-state index in [0.29, 0.717) is 24.8 Å². The van der Waals surface area contributed by atoms with Crippen LogP contribution in [0.1, 0.15) is 59.3 Å². The van der Waals surface area contributed by atoms with Crippen LogP contribution in [-0.2, 0) is 23.9 Å². The molecule has 4 aliphatic carbocycles. The summed E-state index contributed by atoms with van der Waals surface area (Å²) in [6, 6.07) is 0. The van der Waals surface area contributed by atoms with E-state index < -0.39 is 69.7 Å². The molecule has 0 aromatic carbocycles. The molecule has 0 bridgehead atoms. The van der Waals surface area contributed by atoms with Crippen LogP contribution < -0.4 is 0 Å². The average molecular weight is 541 g/mol. The van der Waals surface area contributed by atoms with Gasteiger partial charge in [0.05, 0.1) is 6.10 Å². The number of Topliss-reactive ketones (excluding diaryl/α,β-unsaturated/α-hetero) is 1. The molecule has 0 amide bonds. The lowest BCUT2D eigenvalue weighted by molar-refractivity contribution is -0.228. The summed E-state index contributed by atoms with van der Waals surface area (Å²) in [5.41, 5.74) is -6.83. The van der Waals surface area contributed by atoms with Crippen molar-refractivity contribution in [1.29, 1.82) is 0 Å². The topological polar surface area (TPSA) is 127 Å². The maximum absolute atomic E-state index is 17.4. The Hall–Kier alpha value is -2.10. The van der Waals surface area contributed by atoms with Gasteiger partial charge in [0.1, 0.15) is 0 Å². The van der Waals surface area contributed by atoms with Gasteiger partial charge in [-0.1, -0.05) is 25.5 Å². The Balaban J connectivity index is 1.79. The van der Waals surface area contributed by atoms with E-state index in [1.807, 2.05) is 0 Å². The summed E-state index contributed by atoms with van der Waals surface area (Å²) in [4.78, 5) is 49.9. The van der Waals surface area contributed by atoms with Crippen LogP contribution in [0.3, 0.4) is 0 Å². The molecule has 0 aliphatic heterocycles. The van der Waals surface area contributed by atoms with Gasteiger partial charge in [0.25, 0.3) is 0 Å². The fraction of sp³-hybridized carbons (Fsp3) is 0.704. The highest BCUT2D eigenvalue weighted by molar-refractivity contribution is 6.61. The molecule has 37 heavy (non-hydrogen) atoms. The quantitative estimate of drug-likeness (QED) is 0.370. The Morgan fingerprint density at radius 1 is 1.24 bits per heavy atom. The monoisotopic (exact) mass is 540 g/mol. The fourth-order valence-electron chi connectivity index (χ4n) is 8.08. The van der Waals surface area contributed by atoms with Crippen molar-refractivity contribution >= 4 is 34.6 Å². The average Bonchev–Trinajstić information content (AvgIpc) is 3.04. The van der Waals surface area contributed by atoms with E-state index >= 15 is 4.39 Å². The highest BCUT2D eigenvalue weighted by atomic mass is 35.5. The molecular formula is C27H34ClFO8. The molecule has 0 aromatic heterocycles. The van der Waals surface area contributed by atoms with Crippen LogP contribution in [0.2, 0.25) is 0 Å². The lowest BCUT2D eigenvalue weighted by Crippen LogP contribution is -2.70. The predicted octanol–water partition coefficient (Wildman–Crippen LogP) is 3.60. The Labute approximate surface area is 220 Å². The number of ketones is 2. The number of alkyl halides is 1. The Kier molecular flexibility index (Phi) is 7.23. The zero-order valence-electron chi connectivity index (χ0n) is 21.3. The van der Waals surface area contributed by atoms with Gasteiger partial charge in [0.15, 0.2) is 23.7 Å². The van der Waals surface area contributed by atoms with Crippen LogP contribution in [0.25, 0.3) is 0 Å². The van der Waals surface area contributed by atoms with Crippen molar-refractivity contribution in [2.24, 2.45) is 28.6 Å². The molecular weight excluding hydrogens is 507 g/mol. The molecule has 0 radical (unpaired) electrons. The van der Waals surface area contributed by atoms with Crippen molar-refractivity contribution in [2.75, 3.05) is 13.2 Å². The zero-order chi connectivity index (χ0) is 27.4. The molecule has 4 rings (SSSR count). The second-order valence-corrected chi connectivity index (χ2v) is 11.7. The molecule has 3 saturated carbocycles. The Morgan fingerprint density at radius 3 is 2.59 bits per heavy atom. The van der Waals surface area contributed by atoms with E-state index in [1.54, 1.807) is 26.8 Å². The van der Waals surface area contributed by atoms with Crippen LogP contribution in [0.4, 0.5) is 9.18 Å². The Bertz CT molecular complexity index is 1070. The number of aliphatic hydroxyl groups is 2. The highest BCUT2D eigenvalue weighted by Gasteiger charge is 2.77. The molecule has 8 atom stereocenters. The summed E-state index contributed by atoms with van der Waals surface area (Å²) < 4.78 is 28.1. The minimum absolute atomic E-state index is 0.131. The summed E-state index contributed by atoms with van der Waals surface area (Å²) in [5.74, 6) is -3.33.